The fourth-order valence-electron chi connectivity index (χ4n) is 2.49. The van der Waals surface area contributed by atoms with Crippen molar-refractivity contribution in [3.05, 3.63) is 58.6 Å². The zero-order valence-corrected chi connectivity index (χ0v) is 13.0. The molecule has 0 unspecified atom stereocenters. The van der Waals surface area contributed by atoms with Crippen LogP contribution in [0.3, 0.4) is 0 Å². The highest BCUT2D eigenvalue weighted by molar-refractivity contribution is 6.31. The Morgan fingerprint density at radius 3 is 2.95 bits per heavy atom. The Morgan fingerprint density at radius 1 is 1.27 bits per heavy atom. The van der Waals surface area contributed by atoms with E-state index in [-0.39, 0.29) is 12.1 Å². The number of benzene rings is 2. The molecular formula is C17H17ClN2O2. The van der Waals surface area contributed by atoms with Gasteiger partial charge in [0.05, 0.1) is 6.04 Å². The zero-order valence-electron chi connectivity index (χ0n) is 12.2. The summed E-state index contributed by atoms with van der Waals surface area (Å²) in [5, 5.41) is 6.36. The topological polar surface area (TPSA) is 50.4 Å². The van der Waals surface area contributed by atoms with Crippen molar-refractivity contribution >= 4 is 23.3 Å². The normalized spacial score (nSPS) is 16.4. The molecule has 114 valence electrons. The number of aryl methyl sites for hydroxylation is 1. The number of fused-ring (bicyclic) bond motifs is 1. The molecule has 0 spiro atoms. The van der Waals surface area contributed by atoms with Crippen LogP contribution in [-0.4, -0.2) is 18.7 Å². The first kappa shape index (κ1) is 14.7. The lowest BCUT2D eigenvalue weighted by Gasteiger charge is -2.26. The quantitative estimate of drug-likeness (QED) is 0.886. The van der Waals surface area contributed by atoms with Crippen molar-refractivity contribution in [2.24, 2.45) is 0 Å². The van der Waals surface area contributed by atoms with Crippen LogP contribution in [-0.2, 0) is 6.42 Å². The second-order valence-corrected chi connectivity index (χ2v) is 5.81. The van der Waals surface area contributed by atoms with Gasteiger partial charge in [0.15, 0.2) is 0 Å². The van der Waals surface area contributed by atoms with Gasteiger partial charge in [0.1, 0.15) is 12.4 Å². The minimum absolute atomic E-state index is 0.0469. The Hall–Kier alpha value is -2.20. The van der Waals surface area contributed by atoms with Crippen molar-refractivity contribution < 1.29 is 9.53 Å². The van der Waals surface area contributed by atoms with Crippen LogP contribution in [0.2, 0.25) is 5.02 Å². The number of halogens is 1. The number of ether oxygens (including phenoxy) is 1. The Labute approximate surface area is 134 Å². The summed E-state index contributed by atoms with van der Waals surface area (Å²) in [6.07, 6.45) is 0.762. The summed E-state index contributed by atoms with van der Waals surface area (Å²) in [5.41, 5.74) is 2.78. The number of hydrogen-bond donors (Lipinski definition) is 2. The first-order valence-electron chi connectivity index (χ1n) is 7.16. The standard InChI is InChI=1S/C17H17ClN2O2/c1-11-6-7-13(18)9-15(11)20-17(21)19-14-8-12-4-2-3-5-16(12)22-10-14/h2-7,9,14H,8,10H2,1H3,(H2,19,20,21)/t14-/m1/s1. The minimum atomic E-state index is -0.252. The molecule has 1 aliphatic heterocycles. The third-order valence-electron chi connectivity index (χ3n) is 3.66. The van der Waals surface area contributed by atoms with Gasteiger partial charge in [-0.1, -0.05) is 35.9 Å². The van der Waals surface area contributed by atoms with Crippen molar-refractivity contribution in [3.8, 4) is 5.75 Å². The summed E-state index contributed by atoms with van der Waals surface area (Å²) in [5.74, 6) is 0.895. The lowest BCUT2D eigenvalue weighted by atomic mass is 10.0. The van der Waals surface area contributed by atoms with Crippen LogP contribution < -0.4 is 15.4 Å². The van der Waals surface area contributed by atoms with Crippen molar-refractivity contribution in [1.82, 2.24) is 5.32 Å². The Morgan fingerprint density at radius 2 is 2.09 bits per heavy atom. The SMILES string of the molecule is Cc1ccc(Cl)cc1NC(=O)N[C@H]1COc2ccccc2C1. The molecule has 0 radical (unpaired) electrons. The predicted molar refractivity (Wildman–Crippen MR) is 87.8 cm³/mol. The van der Waals surface area contributed by atoms with Gasteiger partial charge >= 0.3 is 6.03 Å². The predicted octanol–water partition coefficient (Wildman–Crippen LogP) is 3.77. The minimum Gasteiger partial charge on any atom is -0.491 e. The number of nitrogens with one attached hydrogen (secondary N) is 2. The molecule has 2 aromatic carbocycles. The molecule has 4 nitrogen and oxygen atoms in total. The number of urea groups is 1. The third kappa shape index (κ3) is 3.34. The van der Waals surface area contributed by atoms with Crippen LogP contribution in [0.4, 0.5) is 10.5 Å². The number of amides is 2. The summed E-state index contributed by atoms with van der Waals surface area (Å²) < 4.78 is 5.67. The average molecular weight is 317 g/mol. The van der Waals surface area contributed by atoms with Crippen LogP contribution in [0.25, 0.3) is 0 Å². The fourth-order valence-corrected chi connectivity index (χ4v) is 2.67. The molecule has 0 aliphatic carbocycles. The molecule has 0 saturated heterocycles. The zero-order chi connectivity index (χ0) is 15.5. The van der Waals surface area contributed by atoms with Crippen LogP contribution in [0.1, 0.15) is 11.1 Å². The maximum absolute atomic E-state index is 12.1. The number of carbonyl (C=O) groups excluding carboxylic acids is 1. The first-order valence-corrected chi connectivity index (χ1v) is 7.54. The van der Waals surface area contributed by atoms with Gasteiger partial charge < -0.3 is 15.4 Å². The molecule has 0 saturated carbocycles. The third-order valence-corrected chi connectivity index (χ3v) is 3.90. The summed E-state index contributed by atoms with van der Waals surface area (Å²) in [6.45, 7) is 2.39. The Balaban J connectivity index is 1.62. The van der Waals surface area contributed by atoms with Gasteiger partial charge in [0.2, 0.25) is 0 Å². The van der Waals surface area contributed by atoms with Crippen LogP contribution in [0.15, 0.2) is 42.5 Å². The van der Waals surface area contributed by atoms with E-state index in [0.29, 0.717) is 17.3 Å². The van der Waals surface area contributed by atoms with E-state index < -0.39 is 0 Å². The molecular weight excluding hydrogens is 300 g/mol. The number of carbonyl (C=O) groups is 1. The van der Waals surface area contributed by atoms with Gasteiger partial charge in [-0.15, -0.1) is 0 Å². The van der Waals surface area contributed by atoms with E-state index in [0.717, 1.165) is 23.3 Å². The number of hydrogen-bond acceptors (Lipinski definition) is 2. The maximum Gasteiger partial charge on any atom is 0.319 e. The Bertz CT molecular complexity index is 703. The largest absolute Gasteiger partial charge is 0.491 e. The van der Waals surface area contributed by atoms with E-state index in [1.165, 1.54) is 0 Å². The average Bonchev–Trinajstić information content (AvgIpc) is 2.51. The highest BCUT2D eigenvalue weighted by Gasteiger charge is 2.21. The van der Waals surface area contributed by atoms with Crippen LogP contribution in [0, 0.1) is 6.92 Å². The second-order valence-electron chi connectivity index (χ2n) is 5.38. The molecule has 1 heterocycles. The molecule has 3 rings (SSSR count). The van der Waals surface area contributed by atoms with Gasteiger partial charge in [0, 0.05) is 10.7 Å². The second kappa shape index (κ2) is 6.28. The van der Waals surface area contributed by atoms with Gasteiger partial charge in [-0.3, -0.25) is 0 Å². The van der Waals surface area contributed by atoms with Crippen molar-refractivity contribution in [1.29, 1.82) is 0 Å². The summed E-state index contributed by atoms with van der Waals surface area (Å²) in [6, 6.07) is 13.0. The monoisotopic (exact) mass is 316 g/mol. The van der Waals surface area contributed by atoms with E-state index in [9.17, 15) is 4.79 Å². The molecule has 5 heteroatoms. The van der Waals surface area contributed by atoms with Gasteiger partial charge in [-0.25, -0.2) is 4.79 Å². The number of anilines is 1. The highest BCUT2D eigenvalue weighted by Crippen LogP contribution is 2.24. The van der Waals surface area contributed by atoms with Gasteiger partial charge in [-0.2, -0.15) is 0 Å². The molecule has 22 heavy (non-hydrogen) atoms. The van der Waals surface area contributed by atoms with Gasteiger partial charge in [-0.05, 0) is 42.7 Å². The summed E-state index contributed by atoms with van der Waals surface area (Å²) in [7, 11) is 0. The first-order chi connectivity index (χ1) is 10.6. The lowest BCUT2D eigenvalue weighted by molar-refractivity contribution is 0.222. The van der Waals surface area contributed by atoms with Crippen LogP contribution in [0.5, 0.6) is 5.75 Å². The number of rotatable bonds is 2. The molecule has 0 aromatic heterocycles. The number of para-hydroxylation sites is 1. The van der Waals surface area contributed by atoms with Crippen molar-refractivity contribution in [2.45, 2.75) is 19.4 Å². The van der Waals surface area contributed by atoms with E-state index in [1.54, 1.807) is 12.1 Å². The molecule has 0 fully saturated rings. The van der Waals surface area contributed by atoms with Crippen molar-refractivity contribution in [2.75, 3.05) is 11.9 Å². The summed E-state index contributed by atoms with van der Waals surface area (Å²) in [4.78, 5) is 12.1. The fraction of sp³-hybridized carbons (Fsp3) is 0.235. The van der Waals surface area contributed by atoms with E-state index >= 15 is 0 Å². The molecule has 0 bridgehead atoms. The molecule has 2 amide bonds. The van der Waals surface area contributed by atoms with E-state index in [4.69, 9.17) is 16.3 Å². The molecule has 2 aromatic rings. The molecule has 1 atom stereocenters. The Kier molecular flexibility index (Phi) is 4.20. The van der Waals surface area contributed by atoms with E-state index in [2.05, 4.69) is 10.6 Å². The smallest absolute Gasteiger partial charge is 0.319 e. The van der Waals surface area contributed by atoms with Gasteiger partial charge in [0.25, 0.3) is 0 Å². The van der Waals surface area contributed by atoms with E-state index in [1.807, 2.05) is 37.3 Å². The highest BCUT2D eigenvalue weighted by atomic mass is 35.5. The molecule has 2 N–H and O–H groups in total. The summed E-state index contributed by atoms with van der Waals surface area (Å²) >= 11 is 5.96. The van der Waals surface area contributed by atoms with Crippen molar-refractivity contribution in [3.63, 3.8) is 0 Å². The van der Waals surface area contributed by atoms with Crippen LogP contribution >= 0.6 is 11.6 Å². The lowest BCUT2D eigenvalue weighted by Crippen LogP contribution is -2.44. The maximum atomic E-state index is 12.1. The molecule has 1 aliphatic rings.